The predicted molar refractivity (Wildman–Crippen MR) is 138 cm³/mol. The quantitative estimate of drug-likeness (QED) is 0.246. The highest BCUT2D eigenvalue weighted by Gasteiger charge is 2.23. The molecule has 5 N–H and O–H groups in total. The number of carboxylic acid groups (broad SMARTS) is 1. The fraction of sp³-hybridized carbons (Fsp3) is 0.280. The lowest BCUT2D eigenvalue weighted by molar-refractivity contribution is 0.0950. The molecule has 0 saturated heterocycles. The fourth-order valence-corrected chi connectivity index (χ4v) is 3.74. The summed E-state index contributed by atoms with van der Waals surface area (Å²) in [6.45, 7) is 0.489. The van der Waals surface area contributed by atoms with Gasteiger partial charge in [-0.1, -0.05) is 11.6 Å². The van der Waals surface area contributed by atoms with E-state index in [1.165, 1.54) is 7.11 Å². The second-order valence-electron chi connectivity index (χ2n) is 8.34. The number of fused-ring (bicyclic) bond motifs is 1. The Hall–Kier alpha value is -4.25. The summed E-state index contributed by atoms with van der Waals surface area (Å²) in [5.41, 5.74) is 1.28. The Balaban J connectivity index is 1.50. The van der Waals surface area contributed by atoms with Crippen molar-refractivity contribution in [3.63, 3.8) is 0 Å². The van der Waals surface area contributed by atoms with Crippen LogP contribution in [0.4, 0.5) is 15.3 Å². The first kappa shape index (κ1) is 25.8. The molecule has 0 atom stereocenters. The van der Waals surface area contributed by atoms with Gasteiger partial charge in [0.2, 0.25) is 0 Å². The summed E-state index contributed by atoms with van der Waals surface area (Å²) in [5, 5.41) is 20.1. The number of nitrogens with zero attached hydrogens (tertiary/aromatic N) is 1. The number of rotatable bonds is 10. The molecule has 4 amide bonds. The maximum absolute atomic E-state index is 12.8. The second kappa shape index (κ2) is 11.7. The average molecular weight is 528 g/mol. The zero-order valence-corrected chi connectivity index (χ0v) is 20.7. The van der Waals surface area contributed by atoms with Crippen LogP contribution >= 0.6 is 11.6 Å². The number of urea groups is 1. The molecule has 1 fully saturated rings. The average Bonchev–Trinajstić information content (AvgIpc) is 3.68. The first-order valence-corrected chi connectivity index (χ1v) is 12.0. The van der Waals surface area contributed by atoms with Gasteiger partial charge in [-0.15, -0.1) is 0 Å². The maximum Gasteiger partial charge on any atom is 0.404 e. The number of carbonyl (C=O) groups excluding carboxylic acids is 2. The molecule has 0 radical (unpaired) electrons. The number of carbonyl (C=O) groups is 3. The van der Waals surface area contributed by atoms with Crippen LogP contribution < -0.4 is 30.7 Å². The number of aromatic nitrogens is 1. The first-order valence-electron chi connectivity index (χ1n) is 11.6. The third kappa shape index (κ3) is 6.91. The minimum Gasteiger partial charge on any atom is -0.496 e. The van der Waals surface area contributed by atoms with E-state index in [0.29, 0.717) is 45.3 Å². The van der Waals surface area contributed by atoms with Crippen molar-refractivity contribution < 1.29 is 29.0 Å². The van der Waals surface area contributed by atoms with Gasteiger partial charge >= 0.3 is 12.1 Å². The number of ether oxygens (including phenoxy) is 2. The molecular weight excluding hydrogens is 502 g/mol. The van der Waals surface area contributed by atoms with E-state index in [0.717, 1.165) is 12.8 Å². The van der Waals surface area contributed by atoms with E-state index in [9.17, 15) is 14.4 Å². The van der Waals surface area contributed by atoms with Gasteiger partial charge in [-0.05, 0) is 43.5 Å². The monoisotopic (exact) mass is 527 g/mol. The summed E-state index contributed by atoms with van der Waals surface area (Å²) in [7, 11) is 1.46. The van der Waals surface area contributed by atoms with Crippen LogP contribution in [0.15, 0.2) is 42.6 Å². The SMILES string of the molecule is COc1cc2nccc(Oc3ccc(NC(=O)NC4CC4)c(Cl)c3)c2cc1C(=O)NCCCNC(=O)O. The van der Waals surface area contributed by atoms with Crippen molar-refractivity contribution in [1.82, 2.24) is 20.9 Å². The molecule has 3 aromatic rings. The van der Waals surface area contributed by atoms with Gasteiger partial charge in [0.25, 0.3) is 5.91 Å². The van der Waals surface area contributed by atoms with Crippen LogP contribution in [-0.2, 0) is 0 Å². The highest BCUT2D eigenvalue weighted by molar-refractivity contribution is 6.33. The number of methoxy groups -OCH3 is 1. The van der Waals surface area contributed by atoms with Gasteiger partial charge in [-0.3, -0.25) is 9.78 Å². The molecule has 0 bridgehead atoms. The van der Waals surface area contributed by atoms with E-state index in [2.05, 4.69) is 26.3 Å². The van der Waals surface area contributed by atoms with Crippen molar-refractivity contribution in [1.29, 1.82) is 0 Å². The second-order valence-corrected chi connectivity index (χ2v) is 8.74. The molecule has 37 heavy (non-hydrogen) atoms. The van der Waals surface area contributed by atoms with Crippen LogP contribution in [0.2, 0.25) is 5.02 Å². The predicted octanol–water partition coefficient (Wildman–Crippen LogP) is 4.36. The normalized spacial score (nSPS) is 12.5. The molecule has 1 aliphatic rings. The number of nitrogens with one attached hydrogen (secondary N) is 4. The minimum atomic E-state index is -1.12. The Labute approximate surface area is 217 Å². The molecule has 4 rings (SSSR count). The van der Waals surface area contributed by atoms with E-state index in [1.54, 1.807) is 42.6 Å². The molecule has 1 aliphatic carbocycles. The number of hydrogen-bond donors (Lipinski definition) is 5. The van der Waals surface area contributed by atoms with Gasteiger partial charge in [0, 0.05) is 42.8 Å². The van der Waals surface area contributed by atoms with Crippen molar-refractivity contribution in [2.45, 2.75) is 25.3 Å². The van der Waals surface area contributed by atoms with E-state index in [1.807, 2.05) is 0 Å². The Morgan fingerprint density at radius 3 is 2.57 bits per heavy atom. The van der Waals surface area contributed by atoms with Gasteiger partial charge in [0.05, 0.1) is 28.9 Å². The summed E-state index contributed by atoms with van der Waals surface area (Å²) >= 11 is 6.36. The molecule has 0 aliphatic heterocycles. The number of pyridine rings is 1. The lowest BCUT2D eigenvalue weighted by Crippen LogP contribution is -2.30. The molecule has 194 valence electrons. The van der Waals surface area contributed by atoms with Crippen molar-refractivity contribution >= 4 is 46.2 Å². The number of amides is 4. The van der Waals surface area contributed by atoms with Gasteiger partial charge in [0.1, 0.15) is 17.2 Å². The summed E-state index contributed by atoms with van der Waals surface area (Å²) in [6.07, 6.45) is 2.85. The van der Waals surface area contributed by atoms with Crippen molar-refractivity contribution in [3.05, 3.63) is 53.2 Å². The zero-order valence-electron chi connectivity index (χ0n) is 20.0. The number of hydrogen-bond acceptors (Lipinski definition) is 6. The number of benzene rings is 2. The summed E-state index contributed by atoms with van der Waals surface area (Å²) in [4.78, 5) is 39.7. The van der Waals surface area contributed by atoms with Crippen molar-refractivity contribution in [2.75, 3.05) is 25.5 Å². The van der Waals surface area contributed by atoms with Crippen LogP contribution in [-0.4, -0.2) is 54.4 Å². The Bertz CT molecular complexity index is 1330. The van der Waals surface area contributed by atoms with Gasteiger partial charge in [0.15, 0.2) is 0 Å². The van der Waals surface area contributed by atoms with Gasteiger partial charge < -0.3 is 35.8 Å². The van der Waals surface area contributed by atoms with Crippen LogP contribution in [0.1, 0.15) is 29.6 Å². The molecule has 1 saturated carbocycles. The smallest absolute Gasteiger partial charge is 0.404 e. The van der Waals surface area contributed by atoms with Crippen LogP contribution in [0.25, 0.3) is 10.9 Å². The van der Waals surface area contributed by atoms with E-state index >= 15 is 0 Å². The maximum atomic E-state index is 12.8. The number of halogens is 1. The Kier molecular flexibility index (Phi) is 8.14. The largest absolute Gasteiger partial charge is 0.496 e. The topological polar surface area (TPSA) is 151 Å². The molecule has 0 unspecified atom stereocenters. The Morgan fingerprint density at radius 2 is 1.86 bits per heavy atom. The fourth-order valence-electron chi connectivity index (χ4n) is 3.52. The lowest BCUT2D eigenvalue weighted by atomic mass is 10.1. The van der Waals surface area contributed by atoms with Crippen LogP contribution in [0, 0.1) is 0 Å². The van der Waals surface area contributed by atoms with E-state index in [-0.39, 0.29) is 36.6 Å². The first-order chi connectivity index (χ1) is 17.8. The van der Waals surface area contributed by atoms with Gasteiger partial charge in [-0.2, -0.15) is 0 Å². The summed E-state index contributed by atoms with van der Waals surface area (Å²) in [6, 6.07) is 9.75. The van der Waals surface area contributed by atoms with E-state index in [4.69, 9.17) is 26.2 Å². The Morgan fingerprint density at radius 1 is 1.08 bits per heavy atom. The third-order valence-electron chi connectivity index (χ3n) is 5.51. The zero-order chi connectivity index (χ0) is 26.4. The molecule has 1 aromatic heterocycles. The van der Waals surface area contributed by atoms with Crippen molar-refractivity contribution in [3.8, 4) is 17.2 Å². The van der Waals surface area contributed by atoms with Crippen LogP contribution in [0.3, 0.4) is 0 Å². The molecule has 1 heterocycles. The van der Waals surface area contributed by atoms with Crippen LogP contribution in [0.5, 0.6) is 17.2 Å². The van der Waals surface area contributed by atoms with E-state index < -0.39 is 6.09 Å². The lowest BCUT2D eigenvalue weighted by Gasteiger charge is -2.14. The summed E-state index contributed by atoms with van der Waals surface area (Å²) < 4.78 is 11.5. The highest BCUT2D eigenvalue weighted by Crippen LogP contribution is 2.35. The summed E-state index contributed by atoms with van der Waals surface area (Å²) in [5.74, 6) is 0.821. The molecule has 12 heteroatoms. The molecular formula is C25H26ClN5O6. The standard InChI is InChI=1S/C25H26ClN5O6/c1-36-22-13-20-16(12-17(22)23(32)28-8-2-9-29-25(34)35)21(7-10-27-20)37-15-5-6-19(18(26)11-15)31-24(33)30-14-3-4-14/h5-7,10-14,29H,2-4,8-9H2,1H3,(H,28,32)(H,34,35)(H2,30,31,33). The third-order valence-corrected chi connectivity index (χ3v) is 5.82. The molecule has 2 aromatic carbocycles. The highest BCUT2D eigenvalue weighted by atomic mass is 35.5. The van der Waals surface area contributed by atoms with Crippen molar-refractivity contribution in [2.24, 2.45) is 0 Å². The number of anilines is 1. The molecule has 11 nitrogen and oxygen atoms in total. The molecule has 0 spiro atoms. The minimum absolute atomic E-state index is 0.217. The van der Waals surface area contributed by atoms with Gasteiger partial charge in [-0.25, -0.2) is 9.59 Å².